The van der Waals surface area contributed by atoms with Crippen LogP contribution in [0.4, 0.5) is 11.5 Å². The zero-order valence-corrected chi connectivity index (χ0v) is 10.5. The number of aromatic nitrogens is 1. The van der Waals surface area contributed by atoms with Gasteiger partial charge >= 0.3 is 0 Å². The number of sulfonamides is 1. The van der Waals surface area contributed by atoms with Crippen LogP contribution < -0.4 is 10.0 Å². The quantitative estimate of drug-likeness (QED) is 0.825. The van der Waals surface area contributed by atoms with Crippen LogP contribution in [0.25, 0.3) is 0 Å². The lowest BCUT2D eigenvalue weighted by Crippen LogP contribution is -2.22. The third-order valence-corrected chi connectivity index (χ3v) is 3.76. The molecule has 0 aliphatic carbocycles. The van der Waals surface area contributed by atoms with Crippen molar-refractivity contribution in [3.8, 4) is 0 Å². The zero-order chi connectivity index (χ0) is 12.2. The Kier molecular flexibility index (Phi) is 4.12. The Hall–Kier alpha value is -1.30. The SMILES string of the molecule is CCNc1ccc(NS(=O)(=O)C(C)C)cn1. The molecule has 0 spiro atoms. The molecule has 0 aromatic carbocycles. The van der Waals surface area contributed by atoms with Gasteiger partial charge in [-0.2, -0.15) is 0 Å². The summed E-state index contributed by atoms with van der Waals surface area (Å²) in [4.78, 5) is 4.07. The van der Waals surface area contributed by atoms with Crippen molar-refractivity contribution in [2.24, 2.45) is 0 Å². The highest BCUT2D eigenvalue weighted by atomic mass is 32.2. The van der Waals surface area contributed by atoms with E-state index in [4.69, 9.17) is 0 Å². The van der Waals surface area contributed by atoms with Crippen molar-refractivity contribution in [3.05, 3.63) is 18.3 Å². The van der Waals surface area contributed by atoms with E-state index in [1.54, 1.807) is 26.0 Å². The van der Waals surface area contributed by atoms with Crippen molar-refractivity contribution in [3.63, 3.8) is 0 Å². The van der Waals surface area contributed by atoms with Gasteiger partial charge in [0.2, 0.25) is 10.0 Å². The first kappa shape index (κ1) is 12.8. The molecule has 6 heteroatoms. The lowest BCUT2D eigenvalue weighted by molar-refractivity contribution is 0.593. The van der Waals surface area contributed by atoms with Gasteiger partial charge in [0.05, 0.1) is 17.1 Å². The van der Waals surface area contributed by atoms with Gasteiger partial charge in [-0.05, 0) is 32.9 Å². The molecule has 1 rings (SSSR count). The first-order valence-corrected chi connectivity index (χ1v) is 6.72. The van der Waals surface area contributed by atoms with Gasteiger partial charge in [-0.25, -0.2) is 13.4 Å². The summed E-state index contributed by atoms with van der Waals surface area (Å²) in [6.45, 7) is 6.01. The number of hydrogen-bond donors (Lipinski definition) is 2. The van der Waals surface area contributed by atoms with E-state index in [1.165, 1.54) is 6.20 Å². The van der Waals surface area contributed by atoms with E-state index in [0.717, 1.165) is 12.4 Å². The Bertz CT molecular complexity index is 426. The van der Waals surface area contributed by atoms with Gasteiger partial charge < -0.3 is 5.32 Å². The fourth-order valence-electron chi connectivity index (χ4n) is 1.02. The summed E-state index contributed by atoms with van der Waals surface area (Å²) >= 11 is 0. The van der Waals surface area contributed by atoms with Gasteiger partial charge in [-0.1, -0.05) is 0 Å². The lowest BCUT2D eigenvalue weighted by Gasteiger charge is -2.10. The standard InChI is InChI=1S/C10H17N3O2S/c1-4-11-10-6-5-9(7-12-10)13-16(14,15)8(2)3/h5-8,13H,4H2,1-3H3,(H,11,12). The van der Waals surface area contributed by atoms with Crippen LogP contribution >= 0.6 is 0 Å². The molecule has 0 bridgehead atoms. The van der Waals surface area contributed by atoms with Crippen LogP contribution in [0.1, 0.15) is 20.8 Å². The molecule has 1 aromatic rings. The van der Waals surface area contributed by atoms with E-state index >= 15 is 0 Å². The van der Waals surface area contributed by atoms with Crippen LogP contribution in [-0.4, -0.2) is 25.2 Å². The minimum Gasteiger partial charge on any atom is -0.370 e. The summed E-state index contributed by atoms with van der Waals surface area (Å²) < 4.78 is 25.6. The Labute approximate surface area is 96.3 Å². The second kappa shape index (κ2) is 5.16. The van der Waals surface area contributed by atoms with E-state index in [-0.39, 0.29) is 0 Å². The maximum atomic E-state index is 11.6. The van der Waals surface area contributed by atoms with Crippen LogP contribution in [-0.2, 0) is 10.0 Å². The van der Waals surface area contributed by atoms with Gasteiger partial charge in [-0.15, -0.1) is 0 Å². The fourth-order valence-corrected chi connectivity index (χ4v) is 1.71. The van der Waals surface area contributed by atoms with E-state index < -0.39 is 15.3 Å². The van der Waals surface area contributed by atoms with Gasteiger partial charge in [0, 0.05) is 6.54 Å². The highest BCUT2D eigenvalue weighted by Gasteiger charge is 2.15. The van der Waals surface area contributed by atoms with Crippen molar-refractivity contribution in [1.29, 1.82) is 0 Å². The van der Waals surface area contributed by atoms with Crippen LogP contribution in [0, 0.1) is 0 Å². The number of hydrogen-bond acceptors (Lipinski definition) is 4. The molecule has 0 aliphatic rings. The predicted molar refractivity (Wildman–Crippen MR) is 66.1 cm³/mol. The Morgan fingerprint density at radius 1 is 1.38 bits per heavy atom. The third kappa shape index (κ3) is 3.37. The van der Waals surface area contributed by atoms with Crippen molar-refractivity contribution in [2.45, 2.75) is 26.0 Å². The number of rotatable bonds is 5. The second-order valence-corrected chi connectivity index (χ2v) is 5.90. The van der Waals surface area contributed by atoms with Crippen LogP contribution in [0.3, 0.4) is 0 Å². The molecule has 0 amide bonds. The average molecular weight is 243 g/mol. The topological polar surface area (TPSA) is 71.1 Å². The van der Waals surface area contributed by atoms with Gasteiger partial charge in [0.15, 0.2) is 0 Å². The number of nitrogens with zero attached hydrogens (tertiary/aromatic N) is 1. The Morgan fingerprint density at radius 2 is 2.06 bits per heavy atom. The van der Waals surface area contributed by atoms with Gasteiger partial charge in [0.25, 0.3) is 0 Å². The molecule has 0 fully saturated rings. The molecule has 1 aromatic heterocycles. The first-order chi connectivity index (χ1) is 7.45. The zero-order valence-electron chi connectivity index (χ0n) is 9.69. The van der Waals surface area contributed by atoms with Crippen molar-refractivity contribution < 1.29 is 8.42 Å². The van der Waals surface area contributed by atoms with E-state index in [9.17, 15) is 8.42 Å². The monoisotopic (exact) mass is 243 g/mol. The highest BCUT2D eigenvalue weighted by Crippen LogP contribution is 2.12. The summed E-state index contributed by atoms with van der Waals surface area (Å²) in [5, 5.41) is 2.57. The molecule has 90 valence electrons. The number of nitrogens with one attached hydrogen (secondary N) is 2. The van der Waals surface area contributed by atoms with Crippen molar-refractivity contribution in [2.75, 3.05) is 16.6 Å². The maximum Gasteiger partial charge on any atom is 0.235 e. The largest absolute Gasteiger partial charge is 0.370 e. The molecular formula is C10H17N3O2S. The Morgan fingerprint density at radius 3 is 2.50 bits per heavy atom. The molecule has 0 aliphatic heterocycles. The minimum absolute atomic E-state index is 0.457. The summed E-state index contributed by atoms with van der Waals surface area (Å²) in [6.07, 6.45) is 1.50. The molecule has 0 saturated carbocycles. The van der Waals surface area contributed by atoms with E-state index in [2.05, 4.69) is 15.0 Å². The molecule has 0 atom stereocenters. The minimum atomic E-state index is -3.29. The average Bonchev–Trinajstić information content (AvgIpc) is 2.21. The summed E-state index contributed by atoms with van der Waals surface area (Å²) in [5.41, 5.74) is 0.482. The molecule has 1 heterocycles. The van der Waals surface area contributed by atoms with Crippen LogP contribution in [0.15, 0.2) is 18.3 Å². The van der Waals surface area contributed by atoms with Crippen molar-refractivity contribution in [1.82, 2.24) is 4.98 Å². The maximum absolute atomic E-state index is 11.6. The van der Waals surface area contributed by atoms with E-state index in [0.29, 0.717) is 5.69 Å². The van der Waals surface area contributed by atoms with Crippen LogP contribution in [0.5, 0.6) is 0 Å². The van der Waals surface area contributed by atoms with Gasteiger partial charge in [-0.3, -0.25) is 4.72 Å². The van der Waals surface area contributed by atoms with Gasteiger partial charge in [0.1, 0.15) is 5.82 Å². The molecule has 16 heavy (non-hydrogen) atoms. The molecule has 0 unspecified atom stereocenters. The Balaban J connectivity index is 2.76. The molecular weight excluding hydrogens is 226 g/mol. The normalized spacial score (nSPS) is 11.5. The first-order valence-electron chi connectivity index (χ1n) is 5.17. The summed E-state index contributed by atoms with van der Waals surface area (Å²) in [7, 11) is -3.29. The smallest absolute Gasteiger partial charge is 0.235 e. The predicted octanol–water partition coefficient (Wildman–Crippen LogP) is 1.66. The third-order valence-electron chi connectivity index (χ3n) is 2.00. The summed E-state index contributed by atoms with van der Waals surface area (Å²) in [5.74, 6) is 0.731. The number of anilines is 2. The second-order valence-electron chi connectivity index (χ2n) is 3.66. The lowest BCUT2D eigenvalue weighted by atomic mass is 10.4. The van der Waals surface area contributed by atoms with E-state index in [1.807, 2.05) is 6.92 Å². The molecule has 5 nitrogen and oxygen atoms in total. The molecule has 0 saturated heterocycles. The fraction of sp³-hybridized carbons (Fsp3) is 0.500. The number of pyridine rings is 1. The highest BCUT2D eigenvalue weighted by molar-refractivity contribution is 7.93. The molecule has 2 N–H and O–H groups in total. The van der Waals surface area contributed by atoms with Crippen molar-refractivity contribution >= 4 is 21.5 Å². The van der Waals surface area contributed by atoms with Crippen LogP contribution in [0.2, 0.25) is 0 Å². The summed E-state index contributed by atoms with van der Waals surface area (Å²) in [6, 6.07) is 3.42. The molecule has 0 radical (unpaired) electrons.